The van der Waals surface area contributed by atoms with E-state index in [0.29, 0.717) is 17.0 Å². The SMILES string of the molecule is OC[C@H]1O[C@@H](n2cnc3c(N[C@H]4CCN(c5ccccn5)C4)ncnc32)[C@@H](O)[C@H]1O. The van der Waals surface area contributed by atoms with Crippen molar-refractivity contribution in [2.45, 2.75) is 37.0 Å². The predicted molar refractivity (Wildman–Crippen MR) is 107 cm³/mol. The highest BCUT2D eigenvalue weighted by atomic mass is 16.6. The Kier molecular flexibility index (Phi) is 4.95. The van der Waals surface area contributed by atoms with Gasteiger partial charge in [-0.15, -0.1) is 0 Å². The Hall–Kier alpha value is -2.86. The van der Waals surface area contributed by atoms with Gasteiger partial charge in [0.15, 0.2) is 23.2 Å². The minimum atomic E-state index is -1.20. The number of anilines is 2. The number of nitrogens with one attached hydrogen (secondary N) is 1. The Balaban J connectivity index is 1.36. The molecule has 30 heavy (non-hydrogen) atoms. The first-order valence-electron chi connectivity index (χ1n) is 9.88. The van der Waals surface area contributed by atoms with Crippen LogP contribution in [0.2, 0.25) is 0 Å². The minimum Gasteiger partial charge on any atom is -0.394 e. The van der Waals surface area contributed by atoms with Crippen LogP contribution < -0.4 is 10.2 Å². The summed E-state index contributed by atoms with van der Waals surface area (Å²) in [6.45, 7) is 1.29. The maximum absolute atomic E-state index is 10.3. The van der Waals surface area contributed by atoms with E-state index in [2.05, 4.69) is 30.2 Å². The quantitative estimate of drug-likeness (QED) is 0.433. The number of hydrogen-bond acceptors (Lipinski definition) is 10. The zero-order chi connectivity index (χ0) is 20.7. The van der Waals surface area contributed by atoms with Gasteiger partial charge in [0.25, 0.3) is 0 Å². The molecule has 11 nitrogen and oxygen atoms in total. The van der Waals surface area contributed by atoms with Crippen LogP contribution in [-0.2, 0) is 4.74 Å². The molecule has 0 aliphatic carbocycles. The maximum Gasteiger partial charge on any atom is 0.167 e. The van der Waals surface area contributed by atoms with Crippen molar-refractivity contribution in [2.24, 2.45) is 0 Å². The number of aliphatic hydroxyl groups is 3. The van der Waals surface area contributed by atoms with Gasteiger partial charge in [-0.05, 0) is 18.6 Å². The second kappa shape index (κ2) is 7.76. The largest absolute Gasteiger partial charge is 0.394 e. The monoisotopic (exact) mass is 413 g/mol. The first-order chi connectivity index (χ1) is 14.7. The van der Waals surface area contributed by atoms with Gasteiger partial charge in [-0.25, -0.2) is 19.9 Å². The Morgan fingerprint density at radius 1 is 1.13 bits per heavy atom. The van der Waals surface area contributed by atoms with Gasteiger partial charge in [-0.1, -0.05) is 6.07 Å². The van der Waals surface area contributed by atoms with Crippen molar-refractivity contribution in [3.63, 3.8) is 0 Å². The molecule has 3 aromatic rings. The molecular formula is C19H23N7O4. The molecule has 0 unspecified atom stereocenters. The van der Waals surface area contributed by atoms with Gasteiger partial charge in [0.1, 0.15) is 30.5 Å². The van der Waals surface area contributed by atoms with Crippen LogP contribution >= 0.6 is 0 Å². The molecule has 5 rings (SSSR count). The van der Waals surface area contributed by atoms with E-state index in [0.717, 1.165) is 25.3 Å². The third-order valence-electron chi connectivity index (χ3n) is 5.65. The Bertz CT molecular complexity index is 1020. The molecule has 0 bridgehead atoms. The summed E-state index contributed by atoms with van der Waals surface area (Å²) in [7, 11) is 0. The fourth-order valence-electron chi connectivity index (χ4n) is 4.07. The molecule has 3 aromatic heterocycles. The number of hydrogen-bond donors (Lipinski definition) is 4. The van der Waals surface area contributed by atoms with Crippen LogP contribution in [0.5, 0.6) is 0 Å². The number of imidazole rings is 1. The fraction of sp³-hybridized carbons (Fsp3) is 0.474. The molecule has 2 saturated heterocycles. The van der Waals surface area contributed by atoms with Gasteiger partial charge in [-0.3, -0.25) is 4.57 Å². The number of aliphatic hydroxyl groups excluding tert-OH is 3. The van der Waals surface area contributed by atoms with Gasteiger partial charge in [0.05, 0.1) is 12.9 Å². The summed E-state index contributed by atoms with van der Waals surface area (Å²) in [6, 6.07) is 6.04. The van der Waals surface area contributed by atoms with Crippen LogP contribution in [0.3, 0.4) is 0 Å². The van der Waals surface area contributed by atoms with E-state index in [-0.39, 0.29) is 6.04 Å². The summed E-state index contributed by atoms with van der Waals surface area (Å²) in [6.07, 6.45) is 1.50. The van der Waals surface area contributed by atoms with E-state index in [1.165, 1.54) is 12.7 Å². The lowest BCUT2D eigenvalue weighted by Gasteiger charge is -2.18. The van der Waals surface area contributed by atoms with Crippen LogP contribution in [0.15, 0.2) is 37.1 Å². The second-order valence-electron chi connectivity index (χ2n) is 7.54. The van der Waals surface area contributed by atoms with Crippen LogP contribution in [0.1, 0.15) is 12.6 Å². The molecule has 2 aliphatic rings. The number of fused-ring (bicyclic) bond motifs is 1. The van der Waals surface area contributed by atoms with Gasteiger partial charge in [-0.2, -0.15) is 0 Å². The summed E-state index contributed by atoms with van der Waals surface area (Å²) in [5.41, 5.74) is 1.02. The number of nitrogens with zero attached hydrogens (tertiary/aromatic N) is 6. The maximum atomic E-state index is 10.3. The molecule has 5 heterocycles. The molecular weight excluding hydrogens is 390 g/mol. The van der Waals surface area contributed by atoms with Crippen molar-refractivity contribution in [3.8, 4) is 0 Å². The standard InChI is InChI=1S/C19H23N7O4/c27-8-12-15(28)16(29)19(30-12)26-10-23-14-17(21-9-22-18(14)26)24-11-4-6-25(7-11)13-3-1-2-5-20-13/h1-3,5,9-12,15-16,19,27-29H,4,6-8H2,(H,21,22,24)/t11-,12+,15-,16-,19+/m0/s1. The number of pyridine rings is 1. The Morgan fingerprint density at radius 3 is 2.80 bits per heavy atom. The number of aromatic nitrogens is 5. The predicted octanol–water partition coefficient (Wildman–Crippen LogP) is -0.476. The highest BCUT2D eigenvalue weighted by Crippen LogP contribution is 2.32. The third-order valence-corrected chi connectivity index (χ3v) is 5.65. The highest BCUT2D eigenvalue weighted by Gasteiger charge is 2.44. The van der Waals surface area contributed by atoms with E-state index in [9.17, 15) is 15.3 Å². The lowest BCUT2D eigenvalue weighted by atomic mass is 10.1. The smallest absolute Gasteiger partial charge is 0.167 e. The van der Waals surface area contributed by atoms with Crippen molar-refractivity contribution in [1.29, 1.82) is 0 Å². The first-order valence-corrected chi connectivity index (χ1v) is 9.88. The van der Waals surface area contributed by atoms with Gasteiger partial charge in [0.2, 0.25) is 0 Å². The summed E-state index contributed by atoms with van der Waals surface area (Å²) in [5, 5.41) is 33.1. The molecule has 2 fully saturated rings. The Morgan fingerprint density at radius 2 is 2.03 bits per heavy atom. The van der Waals surface area contributed by atoms with Gasteiger partial charge < -0.3 is 30.3 Å². The normalized spacial score (nSPS) is 29.0. The van der Waals surface area contributed by atoms with Crippen LogP contribution in [0.25, 0.3) is 11.2 Å². The van der Waals surface area contributed by atoms with Crippen LogP contribution in [0.4, 0.5) is 11.6 Å². The molecule has 158 valence electrons. The molecule has 2 aliphatic heterocycles. The van der Waals surface area contributed by atoms with Crippen molar-refractivity contribution in [3.05, 3.63) is 37.1 Å². The van der Waals surface area contributed by atoms with Crippen molar-refractivity contribution >= 4 is 22.8 Å². The molecule has 0 amide bonds. The van der Waals surface area contributed by atoms with E-state index < -0.39 is 31.1 Å². The minimum absolute atomic E-state index is 0.171. The molecule has 0 aromatic carbocycles. The van der Waals surface area contributed by atoms with Crippen LogP contribution in [-0.4, -0.2) is 83.9 Å². The number of ether oxygens (including phenoxy) is 1. The van der Waals surface area contributed by atoms with Crippen molar-refractivity contribution < 1.29 is 20.1 Å². The van der Waals surface area contributed by atoms with E-state index in [1.54, 1.807) is 10.8 Å². The Labute approximate surface area is 172 Å². The molecule has 0 spiro atoms. The summed E-state index contributed by atoms with van der Waals surface area (Å²) in [4.78, 5) is 19.7. The summed E-state index contributed by atoms with van der Waals surface area (Å²) in [5.74, 6) is 1.54. The average molecular weight is 413 g/mol. The topological polar surface area (TPSA) is 142 Å². The first kappa shape index (κ1) is 19.1. The molecule has 0 radical (unpaired) electrons. The average Bonchev–Trinajstić information content (AvgIpc) is 3.48. The lowest BCUT2D eigenvalue weighted by molar-refractivity contribution is -0.0511. The van der Waals surface area contributed by atoms with E-state index in [1.807, 2.05) is 18.2 Å². The lowest BCUT2D eigenvalue weighted by Crippen LogP contribution is -2.33. The second-order valence-corrected chi connectivity index (χ2v) is 7.54. The molecule has 11 heteroatoms. The van der Waals surface area contributed by atoms with Crippen molar-refractivity contribution in [2.75, 3.05) is 29.9 Å². The van der Waals surface area contributed by atoms with E-state index >= 15 is 0 Å². The van der Waals surface area contributed by atoms with Gasteiger partial charge >= 0.3 is 0 Å². The zero-order valence-electron chi connectivity index (χ0n) is 16.1. The number of rotatable bonds is 5. The van der Waals surface area contributed by atoms with Crippen molar-refractivity contribution in [1.82, 2.24) is 24.5 Å². The summed E-state index contributed by atoms with van der Waals surface area (Å²) < 4.78 is 7.16. The fourth-order valence-corrected chi connectivity index (χ4v) is 4.07. The highest BCUT2D eigenvalue weighted by molar-refractivity contribution is 5.83. The molecule has 4 N–H and O–H groups in total. The van der Waals surface area contributed by atoms with E-state index in [4.69, 9.17) is 4.74 Å². The third kappa shape index (κ3) is 3.25. The summed E-state index contributed by atoms with van der Waals surface area (Å²) >= 11 is 0. The molecule has 0 saturated carbocycles. The van der Waals surface area contributed by atoms with Gasteiger partial charge in [0, 0.05) is 25.3 Å². The molecule has 5 atom stereocenters. The zero-order valence-corrected chi connectivity index (χ0v) is 16.1. The van der Waals surface area contributed by atoms with Crippen LogP contribution in [0, 0.1) is 0 Å².